The van der Waals surface area contributed by atoms with Crippen molar-refractivity contribution >= 4 is 34.4 Å². The Morgan fingerprint density at radius 3 is 2.79 bits per heavy atom. The summed E-state index contributed by atoms with van der Waals surface area (Å²) in [4.78, 5) is 32.3. The Morgan fingerprint density at radius 2 is 2.03 bits per heavy atom. The van der Waals surface area contributed by atoms with Crippen LogP contribution in [0.25, 0.3) is 22.4 Å². The molecule has 0 spiro atoms. The summed E-state index contributed by atoms with van der Waals surface area (Å²) in [6.45, 7) is 4.66. The van der Waals surface area contributed by atoms with E-state index in [0.717, 1.165) is 24.7 Å². The smallest absolute Gasteiger partial charge is 0.244 e. The molecule has 0 saturated carbocycles. The number of hydrogen-bond donors (Lipinski definition) is 2. The van der Waals surface area contributed by atoms with Gasteiger partial charge in [0, 0.05) is 49.5 Å². The first-order valence-electron chi connectivity index (χ1n) is 9.32. The maximum Gasteiger partial charge on any atom is 0.244 e. The van der Waals surface area contributed by atoms with Crippen LogP contribution >= 0.6 is 11.6 Å². The first kappa shape index (κ1) is 19.5. The number of likely N-dealkylation sites (N-methyl/N-ethyl adjacent to an activating group) is 1. The van der Waals surface area contributed by atoms with E-state index in [1.165, 1.54) is 6.20 Å². The summed E-state index contributed by atoms with van der Waals surface area (Å²) in [5, 5.41) is 4.11. The molecule has 8 nitrogen and oxygen atoms in total. The molecule has 152 valence electrons. The lowest BCUT2D eigenvalue weighted by atomic mass is 10.2. The van der Waals surface area contributed by atoms with Crippen molar-refractivity contribution in [3.05, 3.63) is 35.5 Å². The maximum atomic E-state index is 14.3. The van der Waals surface area contributed by atoms with Gasteiger partial charge in [0.25, 0.3) is 0 Å². The van der Waals surface area contributed by atoms with Crippen LogP contribution in [-0.4, -0.2) is 74.9 Å². The van der Waals surface area contributed by atoms with E-state index in [1.54, 1.807) is 24.1 Å². The number of amides is 1. The summed E-state index contributed by atoms with van der Waals surface area (Å²) >= 11 is 6.04. The molecule has 3 aromatic rings. The first-order chi connectivity index (χ1) is 13.9. The second-order valence-electron chi connectivity index (χ2n) is 7.14. The SMILES string of the molecule is C[C@@H](Nc1nc(-c2c[nH]c3ncc(Cl)cc23)ncc1F)C(=O)N1CCN(C)CC1. The van der Waals surface area contributed by atoms with Gasteiger partial charge in [-0.2, -0.15) is 0 Å². The van der Waals surface area contributed by atoms with Crippen molar-refractivity contribution in [3.63, 3.8) is 0 Å². The van der Waals surface area contributed by atoms with Crippen LogP contribution in [0.5, 0.6) is 0 Å². The third kappa shape index (κ3) is 4.01. The Labute approximate surface area is 172 Å². The zero-order chi connectivity index (χ0) is 20.5. The van der Waals surface area contributed by atoms with Crippen LogP contribution in [-0.2, 0) is 4.79 Å². The number of fused-ring (bicyclic) bond motifs is 1. The Balaban J connectivity index is 1.57. The molecule has 1 saturated heterocycles. The molecular weight excluding hydrogens is 397 g/mol. The molecule has 0 aliphatic carbocycles. The molecule has 1 aliphatic rings. The van der Waals surface area contributed by atoms with Gasteiger partial charge in [-0.05, 0) is 20.0 Å². The van der Waals surface area contributed by atoms with E-state index in [9.17, 15) is 9.18 Å². The molecule has 1 fully saturated rings. The Hall–Kier alpha value is -2.78. The molecule has 1 atom stereocenters. The van der Waals surface area contributed by atoms with Gasteiger partial charge in [0.05, 0.1) is 11.2 Å². The topological polar surface area (TPSA) is 90.0 Å². The average Bonchev–Trinajstić information content (AvgIpc) is 3.12. The Kier molecular flexibility index (Phi) is 5.33. The van der Waals surface area contributed by atoms with Gasteiger partial charge in [-0.3, -0.25) is 4.79 Å². The lowest BCUT2D eigenvalue weighted by Crippen LogP contribution is -2.51. The summed E-state index contributed by atoms with van der Waals surface area (Å²) in [6, 6.07) is 1.13. The molecule has 2 N–H and O–H groups in total. The third-order valence-electron chi connectivity index (χ3n) is 5.02. The van der Waals surface area contributed by atoms with E-state index in [2.05, 4.69) is 30.2 Å². The molecule has 0 unspecified atom stereocenters. The number of piperazine rings is 1. The zero-order valence-corrected chi connectivity index (χ0v) is 16.9. The van der Waals surface area contributed by atoms with Gasteiger partial charge in [0.15, 0.2) is 17.5 Å². The van der Waals surface area contributed by atoms with Crippen molar-refractivity contribution in [3.8, 4) is 11.4 Å². The van der Waals surface area contributed by atoms with Crippen molar-refractivity contribution in [1.82, 2.24) is 29.7 Å². The van der Waals surface area contributed by atoms with Gasteiger partial charge in [-0.25, -0.2) is 19.3 Å². The monoisotopic (exact) mass is 417 g/mol. The molecule has 4 heterocycles. The van der Waals surface area contributed by atoms with Gasteiger partial charge >= 0.3 is 0 Å². The average molecular weight is 418 g/mol. The third-order valence-corrected chi connectivity index (χ3v) is 5.23. The normalized spacial score (nSPS) is 16.2. The zero-order valence-electron chi connectivity index (χ0n) is 16.1. The largest absolute Gasteiger partial charge is 0.356 e. The van der Waals surface area contributed by atoms with Crippen molar-refractivity contribution in [1.29, 1.82) is 0 Å². The van der Waals surface area contributed by atoms with Gasteiger partial charge in [-0.1, -0.05) is 11.6 Å². The highest BCUT2D eigenvalue weighted by molar-refractivity contribution is 6.31. The molecule has 4 rings (SSSR count). The number of nitrogens with zero attached hydrogens (tertiary/aromatic N) is 5. The molecule has 0 radical (unpaired) electrons. The molecule has 0 bridgehead atoms. The summed E-state index contributed by atoms with van der Waals surface area (Å²) in [6.07, 6.45) is 4.33. The van der Waals surface area contributed by atoms with Crippen molar-refractivity contribution < 1.29 is 9.18 Å². The first-order valence-corrected chi connectivity index (χ1v) is 9.69. The number of halogens is 2. The number of pyridine rings is 1. The predicted molar refractivity (Wildman–Crippen MR) is 109 cm³/mol. The fraction of sp³-hybridized carbons (Fsp3) is 0.368. The standard InChI is InChI=1S/C19H21ClFN7O/c1-11(19(29)28-5-3-27(2)4-6-28)25-18-15(21)10-24-17(26-18)14-9-23-16-13(14)7-12(20)8-22-16/h7-11H,3-6H2,1-2H3,(H,22,23)(H,24,25,26)/t11-/m1/s1. The fourth-order valence-electron chi connectivity index (χ4n) is 3.33. The number of H-pyrrole nitrogens is 1. The van der Waals surface area contributed by atoms with Gasteiger partial charge in [0.1, 0.15) is 11.7 Å². The second kappa shape index (κ2) is 7.92. The van der Waals surface area contributed by atoms with Crippen LogP contribution in [0, 0.1) is 5.82 Å². The summed E-state index contributed by atoms with van der Waals surface area (Å²) in [5.41, 5.74) is 1.28. The number of aromatic nitrogens is 4. The number of anilines is 1. The second-order valence-corrected chi connectivity index (χ2v) is 7.57. The minimum atomic E-state index is -0.622. The Morgan fingerprint density at radius 1 is 1.28 bits per heavy atom. The van der Waals surface area contributed by atoms with E-state index in [1.807, 2.05) is 7.05 Å². The van der Waals surface area contributed by atoms with E-state index < -0.39 is 11.9 Å². The summed E-state index contributed by atoms with van der Waals surface area (Å²) < 4.78 is 14.3. The minimum absolute atomic E-state index is 0.0192. The molecular formula is C19H21ClFN7O. The van der Waals surface area contributed by atoms with Crippen LogP contribution in [0.2, 0.25) is 5.02 Å². The highest BCUT2D eigenvalue weighted by Crippen LogP contribution is 2.28. The van der Waals surface area contributed by atoms with Crippen molar-refractivity contribution in [2.45, 2.75) is 13.0 Å². The highest BCUT2D eigenvalue weighted by Gasteiger charge is 2.25. The molecule has 1 amide bonds. The maximum absolute atomic E-state index is 14.3. The number of nitrogens with one attached hydrogen (secondary N) is 2. The predicted octanol–water partition coefficient (Wildman–Crippen LogP) is 2.39. The quantitative estimate of drug-likeness (QED) is 0.677. The molecule has 10 heteroatoms. The van der Waals surface area contributed by atoms with E-state index in [-0.39, 0.29) is 11.7 Å². The lowest BCUT2D eigenvalue weighted by molar-refractivity contribution is -0.133. The number of carbonyl (C=O) groups is 1. The summed E-state index contributed by atoms with van der Waals surface area (Å²) in [5.74, 6) is -0.415. The van der Waals surface area contributed by atoms with Gasteiger partial charge in [-0.15, -0.1) is 0 Å². The number of rotatable bonds is 4. The van der Waals surface area contributed by atoms with Crippen LogP contribution < -0.4 is 5.32 Å². The van der Waals surface area contributed by atoms with Gasteiger partial charge < -0.3 is 20.1 Å². The van der Waals surface area contributed by atoms with E-state index in [0.29, 0.717) is 35.1 Å². The van der Waals surface area contributed by atoms with E-state index in [4.69, 9.17) is 11.6 Å². The molecule has 3 aromatic heterocycles. The number of aromatic amines is 1. The van der Waals surface area contributed by atoms with E-state index >= 15 is 0 Å². The van der Waals surface area contributed by atoms with Crippen LogP contribution in [0.1, 0.15) is 6.92 Å². The summed E-state index contributed by atoms with van der Waals surface area (Å²) in [7, 11) is 2.02. The van der Waals surface area contributed by atoms with Gasteiger partial charge in [0.2, 0.25) is 5.91 Å². The lowest BCUT2D eigenvalue weighted by Gasteiger charge is -2.34. The van der Waals surface area contributed by atoms with Crippen LogP contribution in [0.3, 0.4) is 0 Å². The van der Waals surface area contributed by atoms with Crippen LogP contribution in [0.15, 0.2) is 24.7 Å². The number of carbonyl (C=O) groups excluding carboxylic acids is 1. The fourth-order valence-corrected chi connectivity index (χ4v) is 3.49. The molecule has 1 aliphatic heterocycles. The molecule has 0 aromatic carbocycles. The van der Waals surface area contributed by atoms with Crippen LogP contribution in [0.4, 0.5) is 10.2 Å². The molecule has 29 heavy (non-hydrogen) atoms. The van der Waals surface area contributed by atoms with Crippen molar-refractivity contribution in [2.24, 2.45) is 0 Å². The minimum Gasteiger partial charge on any atom is -0.356 e. The Bertz CT molecular complexity index is 1050. The highest BCUT2D eigenvalue weighted by atomic mass is 35.5. The van der Waals surface area contributed by atoms with Crippen molar-refractivity contribution in [2.75, 3.05) is 38.5 Å². The number of hydrogen-bond acceptors (Lipinski definition) is 6.